The molecule has 0 bridgehead atoms. The van der Waals surface area contributed by atoms with E-state index in [-0.39, 0.29) is 0 Å². The highest BCUT2D eigenvalue weighted by Gasteiger charge is 2.38. The Morgan fingerprint density at radius 1 is 1.33 bits per heavy atom. The number of benzene rings is 1. The standard InChI is InChI=1S/C15H19F2NO3/c1-15(2,3)21-14(20)18-7-6-10(13(18)19)9-4-5-11(16)12(17)8-9/h4-5,8,10,13,19H,6-7H2,1-3H3/t10?,13-/m0/s1. The summed E-state index contributed by atoms with van der Waals surface area (Å²) in [7, 11) is 0. The van der Waals surface area contributed by atoms with Crippen molar-refractivity contribution < 1.29 is 23.4 Å². The summed E-state index contributed by atoms with van der Waals surface area (Å²) in [6.45, 7) is 5.51. The van der Waals surface area contributed by atoms with Crippen LogP contribution in [-0.2, 0) is 4.74 Å². The van der Waals surface area contributed by atoms with Gasteiger partial charge in [0.05, 0.1) is 0 Å². The van der Waals surface area contributed by atoms with Crippen molar-refractivity contribution in [2.45, 2.75) is 44.9 Å². The number of carbonyl (C=O) groups is 1. The molecule has 1 unspecified atom stereocenters. The first-order valence-corrected chi connectivity index (χ1v) is 6.81. The maximum absolute atomic E-state index is 13.3. The second kappa shape index (κ2) is 5.60. The van der Waals surface area contributed by atoms with Crippen LogP contribution in [0.5, 0.6) is 0 Å². The fraction of sp³-hybridized carbons (Fsp3) is 0.533. The van der Waals surface area contributed by atoms with Gasteiger partial charge >= 0.3 is 6.09 Å². The molecule has 1 aromatic rings. The molecule has 0 radical (unpaired) electrons. The molecule has 6 heteroatoms. The topological polar surface area (TPSA) is 49.8 Å². The molecule has 1 N–H and O–H groups in total. The van der Waals surface area contributed by atoms with Crippen molar-refractivity contribution in [2.75, 3.05) is 6.54 Å². The van der Waals surface area contributed by atoms with Gasteiger partial charge in [0.25, 0.3) is 0 Å². The van der Waals surface area contributed by atoms with Gasteiger partial charge in [0.1, 0.15) is 11.8 Å². The van der Waals surface area contributed by atoms with Crippen molar-refractivity contribution in [3.63, 3.8) is 0 Å². The molecule has 1 aliphatic heterocycles. The molecule has 2 rings (SSSR count). The zero-order valence-electron chi connectivity index (χ0n) is 12.3. The zero-order chi connectivity index (χ0) is 15.8. The van der Waals surface area contributed by atoms with E-state index < -0.39 is 35.5 Å². The van der Waals surface area contributed by atoms with Gasteiger partial charge in [-0.2, -0.15) is 0 Å². The van der Waals surface area contributed by atoms with Crippen LogP contribution in [-0.4, -0.2) is 34.5 Å². The number of rotatable bonds is 1. The van der Waals surface area contributed by atoms with E-state index in [2.05, 4.69) is 0 Å². The van der Waals surface area contributed by atoms with E-state index in [9.17, 15) is 18.7 Å². The first-order valence-electron chi connectivity index (χ1n) is 6.81. The third-order valence-corrected chi connectivity index (χ3v) is 3.36. The highest BCUT2D eigenvalue weighted by atomic mass is 19.2. The zero-order valence-corrected chi connectivity index (χ0v) is 12.3. The molecule has 2 atom stereocenters. The first kappa shape index (κ1) is 15.7. The number of carbonyl (C=O) groups excluding carboxylic acids is 1. The molecule has 1 fully saturated rings. The molecule has 1 heterocycles. The number of aliphatic hydroxyl groups is 1. The summed E-state index contributed by atoms with van der Waals surface area (Å²) >= 11 is 0. The number of amides is 1. The van der Waals surface area contributed by atoms with Crippen LogP contribution >= 0.6 is 0 Å². The molecule has 0 aliphatic carbocycles. The van der Waals surface area contributed by atoms with Crippen LogP contribution in [0, 0.1) is 11.6 Å². The molecule has 0 saturated carbocycles. The minimum atomic E-state index is -1.11. The average molecular weight is 299 g/mol. The third kappa shape index (κ3) is 3.50. The van der Waals surface area contributed by atoms with E-state index in [4.69, 9.17) is 4.74 Å². The predicted octanol–water partition coefficient (Wildman–Crippen LogP) is 3.01. The number of likely N-dealkylation sites (tertiary alicyclic amines) is 1. The first-order chi connectivity index (χ1) is 9.69. The Kier molecular flexibility index (Phi) is 4.18. The molecule has 116 valence electrons. The summed E-state index contributed by atoms with van der Waals surface area (Å²) in [5.41, 5.74) is -0.191. The maximum atomic E-state index is 13.3. The number of hydrogen-bond acceptors (Lipinski definition) is 3. The van der Waals surface area contributed by atoms with Crippen LogP contribution in [0.2, 0.25) is 0 Å². The second-order valence-corrected chi connectivity index (χ2v) is 6.16. The van der Waals surface area contributed by atoms with E-state index in [1.807, 2.05) is 0 Å². The number of nitrogens with zero attached hydrogens (tertiary/aromatic N) is 1. The molecule has 21 heavy (non-hydrogen) atoms. The molecule has 0 aromatic heterocycles. The number of halogens is 2. The average Bonchev–Trinajstić information content (AvgIpc) is 2.73. The van der Waals surface area contributed by atoms with Gasteiger partial charge in [-0.1, -0.05) is 6.07 Å². The number of ether oxygens (including phenoxy) is 1. The highest BCUT2D eigenvalue weighted by molar-refractivity contribution is 5.69. The fourth-order valence-corrected chi connectivity index (χ4v) is 2.38. The van der Waals surface area contributed by atoms with Gasteiger partial charge in [-0.25, -0.2) is 13.6 Å². The lowest BCUT2D eigenvalue weighted by molar-refractivity contribution is -0.0172. The van der Waals surface area contributed by atoms with Crippen LogP contribution in [0.3, 0.4) is 0 Å². The van der Waals surface area contributed by atoms with Crippen molar-refractivity contribution in [2.24, 2.45) is 0 Å². The number of hydrogen-bond donors (Lipinski definition) is 1. The largest absolute Gasteiger partial charge is 0.444 e. The third-order valence-electron chi connectivity index (χ3n) is 3.36. The quantitative estimate of drug-likeness (QED) is 0.867. The Hall–Kier alpha value is -1.69. The van der Waals surface area contributed by atoms with Crippen LogP contribution < -0.4 is 0 Å². The smallest absolute Gasteiger partial charge is 0.412 e. The number of aliphatic hydroxyl groups excluding tert-OH is 1. The summed E-state index contributed by atoms with van der Waals surface area (Å²) in [5, 5.41) is 10.2. The summed E-state index contributed by atoms with van der Waals surface area (Å²) in [6, 6.07) is 3.50. The van der Waals surface area contributed by atoms with E-state index in [1.54, 1.807) is 20.8 Å². The Morgan fingerprint density at radius 3 is 2.57 bits per heavy atom. The van der Waals surface area contributed by atoms with Crippen LogP contribution in [0.4, 0.5) is 13.6 Å². The SMILES string of the molecule is CC(C)(C)OC(=O)N1CCC(c2ccc(F)c(F)c2)[C@@H]1O. The summed E-state index contributed by atoms with van der Waals surface area (Å²) in [4.78, 5) is 13.2. The van der Waals surface area contributed by atoms with Crippen molar-refractivity contribution in [1.82, 2.24) is 4.90 Å². The van der Waals surface area contributed by atoms with Crippen molar-refractivity contribution in [1.29, 1.82) is 0 Å². The van der Waals surface area contributed by atoms with Gasteiger partial charge in [0, 0.05) is 12.5 Å². The Balaban J connectivity index is 2.12. The van der Waals surface area contributed by atoms with Crippen molar-refractivity contribution >= 4 is 6.09 Å². The predicted molar refractivity (Wildman–Crippen MR) is 72.7 cm³/mol. The Morgan fingerprint density at radius 2 is 2.00 bits per heavy atom. The minimum absolute atomic E-state index is 0.305. The van der Waals surface area contributed by atoms with Gasteiger partial charge in [-0.3, -0.25) is 4.90 Å². The molecule has 4 nitrogen and oxygen atoms in total. The van der Waals surface area contributed by atoms with Crippen LogP contribution in [0.1, 0.15) is 38.7 Å². The van der Waals surface area contributed by atoms with E-state index in [1.165, 1.54) is 11.0 Å². The highest BCUT2D eigenvalue weighted by Crippen LogP contribution is 2.33. The van der Waals surface area contributed by atoms with Gasteiger partial charge in [-0.15, -0.1) is 0 Å². The van der Waals surface area contributed by atoms with Gasteiger partial charge in [0.2, 0.25) is 0 Å². The summed E-state index contributed by atoms with van der Waals surface area (Å²) < 4.78 is 31.4. The minimum Gasteiger partial charge on any atom is -0.444 e. The Bertz CT molecular complexity index is 542. The van der Waals surface area contributed by atoms with Crippen LogP contribution in [0.25, 0.3) is 0 Å². The van der Waals surface area contributed by atoms with Gasteiger partial charge in [0.15, 0.2) is 11.6 Å². The second-order valence-electron chi connectivity index (χ2n) is 6.16. The monoisotopic (exact) mass is 299 g/mol. The lowest BCUT2D eigenvalue weighted by atomic mass is 9.97. The van der Waals surface area contributed by atoms with E-state index in [0.29, 0.717) is 18.5 Å². The molecule has 1 aromatic carbocycles. The van der Waals surface area contributed by atoms with E-state index >= 15 is 0 Å². The molecular formula is C15H19F2NO3. The molecule has 1 saturated heterocycles. The summed E-state index contributed by atoms with van der Waals surface area (Å²) in [5.74, 6) is -2.35. The van der Waals surface area contributed by atoms with Crippen LogP contribution in [0.15, 0.2) is 18.2 Å². The maximum Gasteiger partial charge on any atom is 0.412 e. The van der Waals surface area contributed by atoms with Crippen molar-refractivity contribution in [3.05, 3.63) is 35.4 Å². The van der Waals surface area contributed by atoms with Gasteiger partial charge in [-0.05, 0) is 44.9 Å². The van der Waals surface area contributed by atoms with Crippen molar-refractivity contribution in [3.8, 4) is 0 Å². The normalized spacial score (nSPS) is 22.5. The lowest BCUT2D eigenvalue weighted by Gasteiger charge is -2.27. The van der Waals surface area contributed by atoms with E-state index in [0.717, 1.165) is 12.1 Å². The van der Waals surface area contributed by atoms with Gasteiger partial charge < -0.3 is 9.84 Å². The molecule has 1 amide bonds. The fourth-order valence-electron chi connectivity index (χ4n) is 2.38. The summed E-state index contributed by atoms with van der Waals surface area (Å²) in [6.07, 6.45) is -1.25. The molecule has 0 spiro atoms. The molecular weight excluding hydrogens is 280 g/mol. The Labute approximate surface area is 122 Å². The molecule has 1 aliphatic rings. The lowest BCUT2D eigenvalue weighted by Crippen LogP contribution is -2.40.